The molecular formula is C39H24Br2N4. The second-order valence-electron chi connectivity index (χ2n) is 10.8. The maximum absolute atomic E-state index is 5.12. The van der Waals surface area contributed by atoms with Crippen LogP contribution >= 0.6 is 31.9 Å². The van der Waals surface area contributed by atoms with Crippen molar-refractivity contribution in [3.05, 3.63) is 155 Å². The molecule has 0 bridgehead atoms. The van der Waals surface area contributed by atoms with Crippen LogP contribution in [0.2, 0.25) is 0 Å². The fourth-order valence-corrected chi connectivity index (χ4v) is 7.14. The van der Waals surface area contributed by atoms with E-state index in [1.165, 1.54) is 16.7 Å². The standard InChI is InChI=1S/C39H24Br2N4/c40-31-21-30(22-32(41)24-31)38-42-37(28-17-15-27(16-18-28)25-9-3-1-4-10-25)43-39(44-38)45-35-14-8-7-13-33(35)34-23-29(19-20-36(34)45)26-11-5-2-6-12-26/h1-24H. The highest BCUT2D eigenvalue weighted by Crippen LogP contribution is 2.35. The van der Waals surface area contributed by atoms with Gasteiger partial charge in [0.1, 0.15) is 0 Å². The van der Waals surface area contributed by atoms with Gasteiger partial charge in [-0.3, -0.25) is 4.57 Å². The summed E-state index contributed by atoms with van der Waals surface area (Å²) >= 11 is 7.29. The molecule has 0 N–H and O–H groups in total. The third kappa shape index (κ3) is 5.26. The summed E-state index contributed by atoms with van der Waals surface area (Å²) in [6.45, 7) is 0. The van der Waals surface area contributed by atoms with E-state index in [4.69, 9.17) is 15.0 Å². The normalized spacial score (nSPS) is 11.3. The van der Waals surface area contributed by atoms with Crippen LogP contribution in [-0.2, 0) is 0 Å². The zero-order valence-electron chi connectivity index (χ0n) is 23.9. The van der Waals surface area contributed by atoms with Crippen molar-refractivity contribution in [2.45, 2.75) is 0 Å². The molecule has 0 aliphatic rings. The van der Waals surface area contributed by atoms with Crippen LogP contribution in [0.3, 0.4) is 0 Å². The number of hydrogen-bond donors (Lipinski definition) is 0. The summed E-state index contributed by atoms with van der Waals surface area (Å²) in [6.07, 6.45) is 0. The minimum Gasteiger partial charge on any atom is -0.278 e. The van der Waals surface area contributed by atoms with Crippen molar-refractivity contribution < 1.29 is 0 Å². The van der Waals surface area contributed by atoms with Crippen molar-refractivity contribution >= 4 is 53.7 Å². The monoisotopic (exact) mass is 706 g/mol. The molecule has 2 aromatic heterocycles. The largest absolute Gasteiger partial charge is 0.278 e. The molecule has 8 aromatic rings. The van der Waals surface area contributed by atoms with Gasteiger partial charge in [0.2, 0.25) is 5.95 Å². The Balaban J connectivity index is 1.35. The first-order chi connectivity index (χ1) is 22.1. The van der Waals surface area contributed by atoms with Crippen molar-refractivity contribution in [2.24, 2.45) is 0 Å². The Labute approximate surface area is 277 Å². The van der Waals surface area contributed by atoms with Crippen LogP contribution < -0.4 is 0 Å². The van der Waals surface area contributed by atoms with E-state index in [0.717, 1.165) is 47.4 Å². The lowest BCUT2D eigenvalue weighted by Gasteiger charge is -2.12. The van der Waals surface area contributed by atoms with E-state index >= 15 is 0 Å². The third-order valence-electron chi connectivity index (χ3n) is 7.97. The fourth-order valence-electron chi connectivity index (χ4n) is 5.85. The highest BCUT2D eigenvalue weighted by Gasteiger charge is 2.18. The molecule has 0 fully saturated rings. The zero-order chi connectivity index (χ0) is 30.3. The highest BCUT2D eigenvalue weighted by atomic mass is 79.9. The number of benzene rings is 6. The lowest BCUT2D eigenvalue weighted by Crippen LogP contribution is -2.06. The van der Waals surface area contributed by atoms with Crippen molar-refractivity contribution in [3.63, 3.8) is 0 Å². The topological polar surface area (TPSA) is 43.6 Å². The quantitative estimate of drug-likeness (QED) is 0.179. The average molecular weight is 708 g/mol. The Bertz CT molecular complexity index is 2310. The molecule has 4 nitrogen and oxygen atoms in total. The summed E-state index contributed by atoms with van der Waals surface area (Å²) in [5.74, 6) is 1.77. The van der Waals surface area contributed by atoms with Crippen LogP contribution in [-0.4, -0.2) is 19.5 Å². The molecule has 0 amide bonds. The molecule has 0 spiro atoms. The van der Waals surface area contributed by atoms with E-state index in [0.29, 0.717) is 17.6 Å². The number of halogens is 2. The van der Waals surface area contributed by atoms with Crippen LogP contribution in [0.5, 0.6) is 0 Å². The van der Waals surface area contributed by atoms with Crippen molar-refractivity contribution in [1.82, 2.24) is 19.5 Å². The fraction of sp³-hybridized carbons (Fsp3) is 0. The second-order valence-corrected chi connectivity index (χ2v) is 12.7. The molecule has 6 aromatic carbocycles. The predicted molar refractivity (Wildman–Crippen MR) is 191 cm³/mol. The van der Waals surface area contributed by atoms with Crippen LogP contribution in [0.1, 0.15) is 0 Å². The maximum atomic E-state index is 5.12. The minimum atomic E-state index is 0.567. The summed E-state index contributed by atoms with van der Waals surface area (Å²) in [5.41, 5.74) is 8.53. The van der Waals surface area contributed by atoms with Gasteiger partial charge < -0.3 is 0 Å². The van der Waals surface area contributed by atoms with Crippen LogP contribution in [0, 0.1) is 0 Å². The molecule has 0 unspecified atom stereocenters. The van der Waals surface area contributed by atoms with Gasteiger partial charge in [-0.15, -0.1) is 0 Å². The molecule has 6 heteroatoms. The van der Waals surface area contributed by atoms with Gasteiger partial charge in [0.25, 0.3) is 0 Å². The summed E-state index contributed by atoms with van der Waals surface area (Å²) in [7, 11) is 0. The number of hydrogen-bond acceptors (Lipinski definition) is 3. The smallest absolute Gasteiger partial charge is 0.238 e. The summed E-state index contributed by atoms with van der Waals surface area (Å²) in [5, 5.41) is 2.29. The van der Waals surface area contributed by atoms with E-state index in [-0.39, 0.29) is 0 Å². The number of rotatable bonds is 5. The van der Waals surface area contributed by atoms with Gasteiger partial charge in [-0.25, -0.2) is 4.98 Å². The lowest BCUT2D eigenvalue weighted by molar-refractivity contribution is 0.953. The predicted octanol–water partition coefficient (Wildman–Crippen LogP) is 11.2. The van der Waals surface area contributed by atoms with Gasteiger partial charge >= 0.3 is 0 Å². The van der Waals surface area contributed by atoms with Gasteiger partial charge in [0, 0.05) is 30.8 Å². The first-order valence-electron chi connectivity index (χ1n) is 14.6. The van der Waals surface area contributed by atoms with Crippen LogP contribution in [0.15, 0.2) is 155 Å². The van der Waals surface area contributed by atoms with Gasteiger partial charge in [0.05, 0.1) is 11.0 Å². The summed E-state index contributed by atoms with van der Waals surface area (Å²) in [4.78, 5) is 15.2. The van der Waals surface area contributed by atoms with Crippen molar-refractivity contribution in [2.75, 3.05) is 0 Å². The first-order valence-corrected chi connectivity index (χ1v) is 16.2. The molecule has 0 saturated carbocycles. The Morgan fingerprint density at radius 3 is 1.58 bits per heavy atom. The van der Waals surface area contributed by atoms with Crippen LogP contribution in [0.25, 0.3) is 72.8 Å². The van der Waals surface area contributed by atoms with E-state index in [2.05, 4.69) is 152 Å². The third-order valence-corrected chi connectivity index (χ3v) is 8.89. The van der Waals surface area contributed by atoms with Gasteiger partial charge in [0.15, 0.2) is 11.6 Å². The zero-order valence-corrected chi connectivity index (χ0v) is 27.1. The second kappa shape index (κ2) is 11.5. The maximum Gasteiger partial charge on any atom is 0.238 e. The molecule has 0 saturated heterocycles. The first kappa shape index (κ1) is 27.6. The Hall–Kier alpha value is -4.91. The Morgan fingerprint density at radius 1 is 0.378 bits per heavy atom. The molecule has 0 radical (unpaired) electrons. The molecule has 45 heavy (non-hydrogen) atoms. The molecule has 214 valence electrons. The minimum absolute atomic E-state index is 0.567. The van der Waals surface area contributed by atoms with Crippen molar-refractivity contribution in [1.29, 1.82) is 0 Å². The summed E-state index contributed by atoms with van der Waals surface area (Å²) < 4.78 is 4.03. The number of para-hydroxylation sites is 1. The van der Waals surface area contributed by atoms with E-state index < -0.39 is 0 Å². The molecule has 0 atom stereocenters. The van der Waals surface area contributed by atoms with Gasteiger partial charge in [-0.05, 0) is 58.7 Å². The van der Waals surface area contributed by atoms with Crippen molar-refractivity contribution in [3.8, 4) is 51.0 Å². The molecule has 8 rings (SSSR count). The number of aromatic nitrogens is 4. The molecular weight excluding hydrogens is 684 g/mol. The van der Waals surface area contributed by atoms with Gasteiger partial charge in [-0.1, -0.05) is 141 Å². The highest BCUT2D eigenvalue weighted by molar-refractivity contribution is 9.11. The SMILES string of the molecule is Brc1cc(Br)cc(-c2nc(-c3ccc(-c4ccccc4)cc3)nc(-n3c4ccccc4c4cc(-c5ccccc5)ccc43)n2)c1. The van der Waals surface area contributed by atoms with E-state index in [1.54, 1.807) is 0 Å². The molecule has 2 heterocycles. The molecule has 0 aliphatic heterocycles. The number of fused-ring (bicyclic) bond motifs is 3. The Kier molecular flexibility index (Phi) is 7.09. The lowest BCUT2D eigenvalue weighted by atomic mass is 10.0. The average Bonchev–Trinajstić information content (AvgIpc) is 3.42. The summed E-state index contributed by atoms with van der Waals surface area (Å²) in [6, 6.07) is 50.4. The molecule has 0 aliphatic carbocycles. The van der Waals surface area contributed by atoms with E-state index in [9.17, 15) is 0 Å². The van der Waals surface area contributed by atoms with E-state index in [1.807, 2.05) is 30.3 Å². The number of nitrogens with zero attached hydrogens (tertiary/aromatic N) is 4. The van der Waals surface area contributed by atoms with Gasteiger partial charge in [-0.2, -0.15) is 9.97 Å². The Morgan fingerprint density at radius 2 is 0.889 bits per heavy atom. The van der Waals surface area contributed by atoms with Crippen LogP contribution in [0.4, 0.5) is 0 Å².